The summed E-state index contributed by atoms with van der Waals surface area (Å²) >= 11 is 0. The molecule has 1 unspecified atom stereocenters. The van der Waals surface area contributed by atoms with E-state index in [0.29, 0.717) is 12.5 Å². The van der Waals surface area contributed by atoms with Crippen LogP contribution in [0.2, 0.25) is 0 Å². The van der Waals surface area contributed by atoms with E-state index in [2.05, 4.69) is 17.3 Å². The summed E-state index contributed by atoms with van der Waals surface area (Å²) in [7, 11) is 2.05. The summed E-state index contributed by atoms with van der Waals surface area (Å²) in [5.74, 6) is 0.417. The standard InChI is InChI=1S/C14H19F3N2/c1-19-8-4-5-11(10-19)9-18-13-7-3-2-6-12(13)14(15,16)17/h2-3,6-7,11,18H,4-5,8-10H2,1H3. The summed E-state index contributed by atoms with van der Waals surface area (Å²) in [6.07, 6.45) is -2.11. The van der Waals surface area contributed by atoms with Crippen molar-refractivity contribution in [3.8, 4) is 0 Å². The number of halogens is 3. The SMILES string of the molecule is CN1CCCC(CNc2ccccc2C(F)(F)F)C1. The van der Waals surface area contributed by atoms with Gasteiger partial charge in [-0.3, -0.25) is 0 Å². The smallest absolute Gasteiger partial charge is 0.384 e. The second kappa shape index (κ2) is 5.82. The Balaban J connectivity index is 1.99. The van der Waals surface area contributed by atoms with Crippen LogP contribution >= 0.6 is 0 Å². The lowest BCUT2D eigenvalue weighted by molar-refractivity contribution is -0.137. The topological polar surface area (TPSA) is 15.3 Å². The van der Waals surface area contributed by atoms with Crippen LogP contribution < -0.4 is 5.32 Å². The van der Waals surface area contributed by atoms with Gasteiger partial charge in [-0.15, -0.1) is 0 Å². The zero-order valence-corrected chi connectivity index (χ0v) is 11.0. The van der Waals surface area contributed by atoms with Crippen LogP contribution in [-0.4, -0.2) is 31.6 Å². The summed E-state index contributed by atoms with van der Waals surface area (Å²) in [4.78, 5) is 2.23. The number of alkyl halides is 3. The van der Waals surface area contributed by atoms with Crippen LogP contribution in [0.3, 0.4) is 0 Å². The summed E-state index contributed by atoms with van der Waals surface area (Å²) < 4.78 is 38.5. The Kier molecular flexibility index (Phi) is 4.34. The number of hydrogen-bond donors (Lipinski definition) is 1. The summed E-state index contributed by atoms with van der Waals surface area (Å²) in [6.45, 7) is 2.62. The molecule has 2 nitrogen and oxygen atoms in total. The van der Waals surface area contributed by atoms with Gasteiger partial charge in [0.1, 0.15) is 0 Å². The van der Waals surface area contributed by atoms with E-state index in [-0.39, 0.29) is 5.69 Å². The molecule has 1 aliphatic rings. The number of para-hydroxylation sites is 1. The van der Waals surface area contributed by atoms with Crippen LogP contribution in [0.1, 0.15) is 18.4 Å². The lowest BCUT2D eigenvalue weighted by Gasteiger charge is -2.30. The predicted molar refractivity (Wildman–Crippen MR) is 70.2 cm³/mol. The van der Waals surface area contributed by atoms with Crippen molar-refractivity contribution < 1.29 is 13.2 Å². The van der Waals surface area contributed by atoms with Crippen molar-refractivity contribution in [2.24, 2.45) is 5.92 Å². The van der Waals surface area contributed by atoms with Crippen molar-refractivity contribution in [3.05, 3.63) is 29.8 Å². The van der Waals surface area contributed by atoms with Gasteiger partial charge in [0.2, 0.25) is 0 Å². The molecule has 0 saturated carbocycles. The van der Waals surface area contributed by atoms with Gasteiger partial charge >= 0.3 is 6.18 Å². The van der Waals surface area contributed by atoms with E-state index in [1.54, 1.807) is 6.07 Å². The minimum atomic E-state index is -4.30. The number of benzene rings is 1. The Morgan fingerprint density at radius 1 is 1.32 bits per heavy atom. The third-order valence-corrected chi connectivity index (χ3v) is 3.54. The molecule has 0 spiro atoms. The average molecular weight is 272 g/mol. The van der Waals surface area contributed by atoms with Gasteiger partial charge in [-0.25, -0.2) is 0 Å². The Hall–Kier alpha value is -1.23. The molecule has 0 aromatic heterocycles. The van der Waals surface area contributed by atoms with Gasteiger partial charge in [0, 0.05) is 18.8 Å². The van der Waals surface area contributed by atoms with Gasteiger partial charge in [0.15, 0.2) is 0 Å². The Bertz CT molecular complexity index is 417. The number of piperidine rings is 1. The Labute approximate surface area is 111 Å². The number of nitrogens with zero attached hydrogens (tertiary/aromatic N) is 1. The Morgan fingerprint density at radius 2 is 2.05 bits per heavy atom. The molecule has 0 radical (unpaired) electrons. The first kappa shape index (κ1) is 14.2. The molecule has 2 rings (SSSR count). The highest BCUT2D eigenvalue weighted by atomic mass is 19.4. The zero-order valence-electron chi connectivity index (χ0n) is 11.0. The molecule has 1 N–H and O–H groups in total. The number of likely N-dealkylation sites (tertiary alicyclic amines) is 1. The highest BCUT2D eigenvalue weighted by molar-refractivity contribution is 5.52. The minimum Gasteiger partial charge on any atom is -0.384 e. The van der Waals surface area contributed by atoms with Gasteiger partial charge in [-0.2, -0.15) is 13.2 Å². The van der Waals surface area contributed by atoms with Gasteiger partial charge in [-0.05, 0) is 44.5 Å². The van der Waals surface area contributed by atoms with Gasteiger partial charge < -0.3 is 10.2 Å². The normalized spacial score (nSPS) is 21.4. The first-order chi connectivity index (χ1) is 8.97. The maximum atomic E-state index is 12.8. The van der Waals surface area contributed by atoms with Crippen molar-refractivity contribution in [3.63, 3.8) is 0 Å². The molecule has 1 saturated heterocycles. The lowest BCUT2D eigenvalue weighted by atomic mass is 9.98. The first-order valence-corrected chi connectivity index (χ1v) is 6.55. The van der Waals surface area contributed by atoms with Crippen molar-refractivity contribution >= 4 is 5.69 Å². The lowest BCUT2D eigenvalue weighted by Crippen LogP contribution is -2.35. The van der Waals surface area contributed by atoms with E-state index < -0.39 is 11.7 Å². The molecule has 1 atom stereocenters. The minimum absolute atomic E-state index is 0.184. The fourth-order valence-corrected chi connectivity index (χ4v) is 2.58. The van der Waals surface area contributed by atoms with Crippen molar-refractivity contribution in [1.82, 2.24) is 4.90 Å². The Morgan fingerprint density at radius 3 is 2.74 bits per heavy atom. The molecule has 0 bridgehead atoms. The monoisotopic (exact) mass is 272 g/mol. The van der Waals surface area contributed by atoms with Gasteiger partial charge in [-0.1, -0.05) is 12.1 Å². The molecule has 0 amide bonds. The van der Waals surface area contributed by atoms with Gasteiger partial charge in [0.25, 0.3) is 0 Å². The van der Waals surface area contributed by atoms with Crippen LogP contribution in [-0.2, 0) is 6.18 Å². The number of rotatable bonds is 3. The summed E-state index contributed by atoms with van der Waals surface area (Å²) in [5, 5.41) is 2.96. The average Bonchev–Trinajstić information content (AvgIpc) is 2.36. The highest BCUT2D eigenvalue weighted by Crippen LogP contribution is 2.34. The van der Waals surface area contributed by atoms with Gasteiger partial charge in [0.05, 0.1) is 5.56 Å². The molecule has 1 aromatic carbocycles. The quantitative estimate of drug-likeness (QED) is 0.906. The van der Waals surface area contributed by atoms with Crippen molar-refractivity contribution in [1.29, 1.82) is 0 Å². The number of anilines is 1. The molecule has 19 heavy (non-hydrogen) atoms. The molecule has 1 aromatic rings. The maximum absolute atomic E-state index is 12.8. The largest absolute Gasteiger partial charge is 0.418 e. The van der Waals surface area contributed by atoms with Crippen LogP contribution in [0.5, 0.6) is 0 Å². The molecule has 1 heterocycles. The van der Waals surface area contributed by atoms with E-state index in [1.165, 1.54) is 12.1 Å². The van der Waals surface area contributed by atoms with Crippen LogP contribution in [0.25, 0.3) is 0 Å². The second-order valence-corrected chi connectivity index (χ2v) is 5.19. The van der Waals surface area contributed by atoms with Crippen LogP contribution in [0, 0.1) is 5.92 Å². The fourth-order valence-electron chi connectivity index (χ4n) is 2.58. The van der Waals surface area contributed by atoms with Crippen LogP contribution in [0.15, 0.2) is 24.3 Å². The van der Waals surface area contributed by atoms with E-state index in [1.807, 2.05) is 0 Å². The molecule has 5 heteroatoms. The summed E-state index contributed by atoms with van der Waals surface area (Å²) in [5.41, 5.74) is -0.401. The van der Waals surface area contributed by atoms with Crippen molar-refractivity contribution in [2.75, 3.05) is 32.0 Å². The van der Waals surface area contributed by atoms with E-state index >= 15 is 0 Å². The molecule has 0 aliphatic carbocycles. The predicted octanol–water partition coefficient (Wildman–Crippen LogP) is 3.46. The summed E-state index contributed by atoms with van der Waals surface area (Å²) in [6, 6.07) is 5.66. The van der Waals surface area contributed by atoms with E-state index in [9.17, 15) is 13.2 Å². The van der Waals surface area contributed by atoms with Crippen LogP contribution in [0.4, 0.5) is 18.9 Å². The fraction of sp³-hybridized carbons (Fsp3) is 0.571. The molecule has 106 valence electrons. The van der Waals surface area contributed by atoms with Crippen molar-refractivity contribution in [2.45, 2.75) is 19.0 Å². The maximum Gasteiger partial charge on any atom is 0.418 e. The molecular formula is C14H19F3N2. The first-order valence-electron chi connectivity index (χ1n) is 6.55. The molecule has 1 aliphatic heterocycles. The molecular weight excluding hydrogens is 253 g/mol. The van der Waals surface area contributed by atoms with E-state index in [0.717, 1.165) is 32.0 Å². The third kappa shape index (κ3) is 3.86. The molecule has 1 fully saturated rings. The highest BCUT2D eigenvalue weighted by Gasteiger charge is 2.33. The third-order valence-electron chi connectivity index (χ3n) is 3.54. The van der Waals surface area contributed by atoms with E-state index in [4.69, 9.17) is 0 Å². The number of nitrogens with one attached hydrogen (secondary N) is 1. The number of hydrogen-bond acceptors (Lipinski definition) is 2. The zero-order chi connectivity index (χ0) is 13.9. The second-order valence-electron chi connectivity index (χ2n) is 5.19.